The lowest BCUT2D eigenvalue weighted by Gasteiger charge is -2.47. The fourth-order valence-electron chi connectivity index (χ4n) is 9.02. The van der Waals surface area contributed by atoms with Crippen molar-refractivity contribution >= 4 is 62.3 Å². The average Bonchev–Trinajstić information content (AvgIpc) is 3.70. The number of amidine groups is 1. The normalized spacial score (nSPS) is 27.2. The van der Waals surface area contributed by atoms with Gasteiger partial charge in [0.1, 0.15) is 5.54 Å². The topological polar surface area (TPSA) is 75.0 Å². The second-order valence-electron chi connectivity index (χ2n) is 16.4. The van der Waals surface area contributed by atoms with Gasteiger partial charge in [0.05, 0.1) is 31.8 Å². The first kappa shape index (κ1) is 35.9. The number of aromatic nitrogens is 2. The molecule has 5 heterocycles. The third kappa shape index (κ3) is 3.91. The molecule has 5 aliphatic rings. The first-order valence-corrected chi connectivity index (χ1v) is 19.5. The van der Waals surface area contributed by atoms with E-state index >= 15 is 26.3 Å². The molecule has 1 radical (unpaired) electrons. The second-order valence-corrected chi connectivity index (χ2v) is 19.3. The lowest BCUT2D eigenvalue weighted by Crippen LogP contribution is -2.53. The number of halogens is 6. The van der Waals surface area contributed by atoms with Gasteiger partial charge in [-0.15, -0.1) is 23.5 Å². The van der Waals surface area contributed by atoms with Gasteiger partial charge in [-0.1, -0.05) is 47.5 Å². The maximum absolute atomic E-state index is 16.3. The van der Waals surface area contributed by atoms with Crippen LogP contribution >= 0.6 is 23.5 Å². The van der Waals surface area contributed by atoms with Crippen molar-refractivity contribution in [2.24, 2.45) is 0 Å². The highest BCUT2D eigenvalue weighted by atomic mass is 32.2. The van der Waals surface area contributed by atoms with Crippen molar-refractivity contribution in [1.29, 1.82) is 0 Å². The fourth-order valence-corrected chi connectivity index (χ4v) is 12.3. The van der Waals surface area contributed by atoms with Crippen LogP contribution in [0.15, 0.2) is 99.9 Å². The third-order valence-corrected chi connectivity index (χ3v) is 16.3. The first-order valence-electron chi connectivity index (χ1n) is 17.9. The summed E-state index contributed by atoms with van der Waals surface area (Å²) in [6.45, 7) is 9.80. The van der Waals surface area contributed by atoms with Crippen LogP contribution in [-0.2, 0) is 5.21 Å². The zero-order valence-electron chi connectivity index (χ0n) is 30.7. The average molecular weight is 802 g/mol. The zero-order valence-corrected chi connectivity index (χ0v) is 32.3. The number of fused-ring (bicyclic) bond motifs is 11. The molecule has 0 saturated heterocycles. The Balaban J connectivity index is 1.17. The molecule has 56 heavy (non-hydrogen) atoms. The summed E-state index contributed by atoms with van der Waals surface area (Å²) in [4.78, 5) is 10.2. The summed E-state index contributed by atoms with van der Waals surface area (Å²) in [6.07, 6.45) is 1.68. The predicted octanol–water partition coefficient (Wildman–Crippen LogP) is 10.8. The fraction of sp³-hybridized carbons (Fsp3) is 0.310. The van der Waals surface area contributed by atoms with Gasteiger partial charge in [-0.3, -0.25) is 9.72 Å². The summed E-state index contributed by atoms with van der Waals surface area (Å²) in [6, 6.07) is 20.5. The van der Waals surface area contributed by atoms with Gasteiger partial charge in [-0.25, -0.2) is 4.98 Å². The van der Waals surface area contributed by atoms with E-state index in [1.165, 1.54) is 36.0 Å². The van der Waals surface area contributed by atoms with Crippen LogP contribution in [0, 0.1) is 5.21 Å². The monoisotopic (exact) mass is 801 g/mol. The lowest BCUT2D eigenvalue weighted by molar-refractivity contribution is -0.539. The van der Waals surface area contributed by atoms with Gasteiger partial charge in [0.25, 0.3) is 0 Å². The van der Waals surface area contributed by atoms with Crippen molar-refractivity contribution < 1.29 is 36.3 Å². The van der Waals surface area contributed by atoms with Crippen LogP contribution in [0.2, 0.25) is 0 Å². The highest BCUT2D eigenvalue weighted by Crippen LogP contribution is 2.78. The third-order valence-electron chi connectivity index (χ3n) is 13.0. The highest BCUT2D eigenvalue weighted by molar-refractivity contribution is 8.06. The number of pyridine rings is 2. The minimum atomic E-state index is -5.73. The van der Waals surface area contributed by atoms with E-state index in [0.29, 0.717) is 41.9 Å². The Bertz CT molecular complexity index is 2780. The SMILES string of the molecule is CC12Sc3cc(C4=[N+]([O-])C(C)(C)C(C)(C)N4[O])ccc3C1=C1C(=C3c4ccc(-c5ccc6ccc7cccnc7c6n5)cc4SC32C)C(F)(F)C(F)(F)C1(F)F. The van der Waals surface area contributed by atoms with E-state index in [1.54, 1.807) is 59.9 Å². The van der Waals surface area contributed by atoms with Crippen molar-refractivity contribution in [1.82, 2.24) is 15.0 Å². The molecule has 0 spiro atoms. The van der Waals surface area contributed by atoms with Gasteiger partial charge in [0.15, 0.2) is 5.54 Å². The smallest absolute Gasteiger partial charge is 0.380 e. The largest absolute Gasteiger partial charge is 0.714 e. The van der Waals surface area contributed by atoms with Crippen molar-refractivity contribution in [2.75, 3.05) is 0 Å². The van der Waals surface area contributed by atoms with Crippen LogP contribution < -0.4 is 0 Å². The molecule has 2 aromatic heterocycles. The number of nitrogens with zero attached hydrogens (tertiary/aromatic N) is 4. The molecule has 2 unspecified atom stereocenters. The van der Waals surface area contributed by atoms with Gasteiger partial charge in [-0.05, 0) is 94.1 Å². The molecular weight excluding hydrogens is 771 g/mol. The summed E-state index contributed by atoms with van der Waals surface area (Å²) < 4.78 is 94.1. The number of allylic oxidation sites excluding steroid dienone is 2. The molecule has 14 heteroatoms. The molecule has 6 nitrogen and oxygen atoms in total. The van der Waals surface area contributed by atoms with E-state index in [4.69, 9.17) is 4.98 Å². The Hall–Kier alpha value is -4.53. The van der Waals surface area contributed by atoms with E-state index < -0.39 is 49.5 Å². The first-order chi connectivity index (χ1) is 26.1. The van der Waals surface area contributed by atoms with E-state index in [2.05, 4.69) is 4.98 Å². The summed E-state index contributed by atoms with van der Waals surface area (Å²) in [7, 11) is 0. The van der Waals surface area contributed by atoms with Gasteiger partial charge in [-0.2, -0.15) is 26.3 Å². The molecule has 1 fully saturated rings. The molecule has 0 bridgehead atoms. The molecule has 0 N–H and O–H groups in total. The summed E-state index contributed by atoms with van der Waals surface area (Å²) in [5.41, 5.74) is -2.64. The van der Waals surface area contributed by atoms with Gasteiger partial charge in [0, 0.05) is 48.7 Å². The molecule has 0 amide bonds. The number of hydrogen-bond donors (Lipinski definition) is 0. The molecular formula is C42H31F6N4O2S2. The number of rotatable bonds is 2. The van der Waals surface area contributed by atoms with Crippen molar-refractivity contribution in [3.05, 3.63) is 112 Å². The molecule has 2 atom stereocenters. The Morgan fingerprint density at radius 3 is 1.73 bits per heavy atom. The van der Waals surface area contributed by atoms with Crippen molar-refractivity contribution in [3.8, 4) is 11.3 Å². The molecule has 1 saturated carbocycles. The van der Waals surface area contributed by atoms with E-state index in [0.717, 1.165) is 22.5 Å². The Morgan fingerprint density at radius 1 is 0.661 bits per heavy atom. The summed E-state index contributed by atoms with van der Waals surface area (Å²) in [5.74, 6) is -16.4. The van der Waals surface area contributed by atoms with Crippen molar-refractivity contribution in [3.63, 3.8) is 0 Å². The van der Waals surface area contributed by atoms with Crippen LogP contribution in [-0.4, -0.2) is 63.9 Å². The quantitative estimate of drug-likeness (QED) is 0.0766. The van der Waals surface area contributed by atoms with E-state index in [-0.39, 0.29) is 33.7 Å². The zero-order chi connectivity index (χ0) is 39.9. The standard InChI is InChI=1S/C42H31F6N4O2S2/c1-36(2)37(3,4)52(54)35(51(36)53)23-12-15-25-28(19-23)56-39(6)30(25)32-31(40(43,44)42(47,48)41(32,45)46)29-24-14-11-22(18-27(24)55-38(29,39)5)26-16-13-21-10-9-20-8-7-17-49-33(20)34(21)50-26/h7-19H,1-6H3. The van der Waals surface area contributed by atoms with Crippen LogP contribution in [0.3, 0.4) is 0 Å². The van der Waals surface area contributed by atoms with Crippen LogP contribution in [0.5, 0.6) is 0 Å². The minimum absolute atomic E-state index is 0.0765. The predicted molar refractivity (Wildman–Crippen MR) is 205 cm³/mol. The van der Waals surface area contributed by atoms with E-state index in [9.17, 15) is 10.4 Å². The second kappa shape index (κ2) is 10.5. The summed E-state index contributed by atoms with van der Waals surface area (Å²) in [5, 5.41) is 29.5. The molecule has 2 aliphatic carbocycles. The van der Waals surface area contributed by atoms with Gasteiger partial charge in [0.2, 0.25) is 0 Å². The van der Waals surface area contributed by atoms with Gasteiger partial charge < -0.3 is 5.21 Å². The lowest BCUT2D eigenvalue weighted by atomic mass is 9.68. The van der Waals surface area contributed by atoms with Crippen LogP contribution in [0.25, 0.3) is 44.2 Å². The number of alkyl halides is 6. The maximum atomic E-state index is 16.3. The molecule has 3 aromatic carbocycles. The molecule has 5 aromatic rings. The minimum Gasteiger partial charge on any atom is -0.714 e. The Labute approximate surface area is 325 Å². The summed E-state index contributed by atoms with van der Waals surface area (Å²) >= 11 is 2.25. The molecule has 3 aliphatic heterocycles. The Kier molecular flexibility index (Phi) is 6.72. The molecule has 10 rings (SSSR count). The number of hydroxylamine groups is 3. The highest BCUT2D eigenvalue weighted by Gasteiger charge is 2.85. The number of thioether (sulfide) groups is 2. The van der Waals surface area contributed by atoms with Crippen LogP contribution in [0.4, 0.5) is 26.3 Å². The number of hydrogen-bond acceptors (Lipinski definition) is 6. The molecule has 285 valence electrons. The maximum Gasteiger partial charge on any atom is 0.380 e. The Morgan fingerprint density at radius 2 is 1.18 bits per heavy atom. The number of benzene rings is 3. The van der Waals surface area contributed by atoms with Gasteiger partial charge >= 0.3 is 23.6 Å². The van der Waals surface area contributed by atoms with Crippen molar-refractivity contribution in [2.45, 2.75) is 89.7 Å². The van der Waals surface area contributed by atoms with Crippen LogP contribution in [0.1, 0.15) is 58.2 Å². The van der Waals surface area contributed by atoms with E-state index in [1.807, 2.05) is 36.4 Å².